The lowest BCUT2D eigenvalue weighted by molar-refractivity contribution is -0.114. The van der Waals surface area contributed by atoms with Crippen molar-refractivity contribution < 1.29 is 9.53 Å². The zero-order valence-corrected chi connectivity index (χ0v) is 13.1. The van der Waals surface area contributed by atoms with E-state index in [1.54, 1.807) is 7.11 Å². The Balaban J connectivity index is 2.06. The van der Waals surface area contributed by atoms with Crippen LogP contribution in [0.5, 0.6) is 5.75 Å². The van der Waals surface area contributed by atoms with E-state index >= 15 is 0 Å². The fourth-order valence-corrected chi connectivity index (χ4v) is 3.32. The zero-order chi connectivity index (χ0) is 15.7. The minimum Gasteiger partial charge on any atom is -0.497 e. The fourth-order valence-electron chi connectivity index (χ4n) is 2.32. The quantitative estimate of drug-likeness (QED) is 0.817. The molecule has 0 spiro atoms. The van der Waals surface area contributed by atoms with E-state index in [1.165, 1.54) is 11.3 Å². The number of ketones is 1. The van der Waals surface area contributed by atoms with Crippen molar-refractivity contribution in [2.75, 3.05) is 13.7 Å². The van der Waals surface area contributed by atoms with Crippen LogP contribution in [0.1, 0.15) is 12.5 Å². The predicted octanol–water partition coefficient (Wildman–Crippen LogP) is -0.0147. The molecular weight excluding hydrogens is 300 g/mol. The Labute approximate surface area is 131 Å². The second-order valence-corrected chi connectivity index (χ2v) is 6.16. The van der Waals surface area contributed by atoms with E-state index in [0.717, 1.165) is 11.3 Å². The molecule has 3 rings (SSSR count). The summed E-state index contributed by atoms with van der Waals surface area (Å²) in [5.74, 6) is 0.818. The number of hydrogen-bond acceptors (Lipinski definition) is 5. The van der Waals surface area contributed by atoms with Crippen molar-refractivity contribution in [1.82, 2.24) is 10.3 Å². The highest BCUT2D eigenvalue weighted by atomic mass is 32.1. The van der Waals surface area contributed by atoms with Crippen LogP contribution in [0.4, 0.5) is 0 Å². The summed E-state index contributed by atoms with van der Waals surface area (Å²) in [6, 6.07) is 7.27. The van der Waals surface area contributed by atoms with Crippen LogP contribution >= 0.6 is 11.3 Å². The van der Waals surface area contributed by atoms with Gasteiger partial charge in [-0.1, -0.05) is 12.1 Å². The smallest absolute Gasteiger partial charge is 0.266 e. The van der Waals surface area contributed by atoms with Gasteiger partial charge in [-0.3, -0.25) is 9.59 Å². The molecule has 114 valence electrons. The zero-order valence-electron chi connectivity index (χ0n) is 12.3. The Bertz CT molecular complexity index is 877. The van der Waals surface area contributed by atoms with Gasteiger partial charge in [0.15, 0.2) is 5.78 Å². The third-order valence-electron chi connectivity index (χ3n) is 3.63. The summed E-state index contributed by atoms with van der Waals surface area (Å²) in [6.07, 6.45) is 1.81. The number of rotatable bonds is 2. The van der Waals surface area contributed by atoms with Gasteiger partial charge in [0.2, 0.25) is 0 Å². The largest absolute Gasteiger partial charge is 0.497 e. The Morgan fingerprint density at radius 3 is 2.59 bits per heavy atom. The lowest BCUT2D eigenvalue weighted by Crippen LogP contribution is -2.22. The van der Waals surface area contributed by atoms with Crippen molar-refractivity contribution >= 4 is 28.8 Å². The maximum Gasteiger partial charge on any atom is 0.266 e. The van der Waals surface area contributed by atoms with Gasteiger partial charge in [-0.15, -0.1) is 11.3 Å². The summed E-state index contributed by atoms with van der Waals surface area (Å²) in [6.45, 7) is 2.32. The molecular formula is C16H16N2O3S. The van der Waals surface area contributed by atoms with Crippen LogP contribution in [-0.2, 0) is 4.79 Å². The number of hydrogen-bond donors (Lipinski definition) is 2. The van der Waals surface area contributed by atoms with Crippen LogP contribution in [0, 0.1) is 0 Å². The molecule has 0 bridgehead atoms. The molecule has 0 radical (unpaired) electrons. The number of aromatic amines is 1. The summed E-state index contributed by atoms with van der Waals surface area (Å²) in [5.41, 5.74) is 1.40. The molecule has 0 saturated carbocycles. The molecule has 0 aliphatic carbocycles. The first kappa shape index (κ1) is 14.7. The average Bonchev–Trinajstić information content (AvgIpc) is 3.04. The van der Waals surface area contributed by atoms with Crippen LogP contribution in [0.2, 0.25) is 0 Å². The number of Topliss-reactive ketones (excluding diaryl/α,β-unsaturated/α-hetero) is 1. The van der Waals surface area contributed by atoms with Crippen LogP contribution in [-0.4, -0.2) is 30.5 Å². The Hall–Kier alpha value is -2.18. The molecule has 22 heavy (non-hydrogen) atoms. The van der Waals surface area contributed by atoms with E-state index in [2.05, 4.69) is 10.3 Å². The van der Waals surface area contributed by atoms with Gasteiger partial charge in [0.1, 0.15) is 10.4 Å². The van der Waals surface area contributed by atoms with Crippen LogP contribution in [0.3, 0.4) is 0 Å². The maximum absolute atomic E-state index is 12.1. The summed E-state index contributed by atoms with van der Waals surface area (Å²) >= 11 is 1.31. The molecule has 5 nitrogen and oxygen atoms in total. The van der Waals surface area contributed by atoms with Crippen LogP contribution in [0.25, 0.3) is 11.6 Å². The number of H-pyrrole nitrogens is 1. The minimum atomic E-state index is -0.186. The average molecular weight is 316 g/mol. The van der Waals surface area contributed by atoms with Gasteiger partial charge in [0.05, 0.1) is 17.7 Å². The van der Waals surface area contributed by atoms with E-state index in [-0.39, 0.29) is 17.4 Å². The van der Waals surface area contributed by atoms with Gasteiger partial charge in [0.25, 0.3) is 5.56 Å². The first-order valence-electron chi connectivity index (χ1n) is 6.94. The molecule has 1 aliphatic heterocycles. The van der Waals surface area contributed by atoms with Crippen molar-refractivity contribution in [3.63, 3.8) is 0 Å². The molecule has 1 fully saturated rings. The monoisotopic (exact) mass is 316 g/mol. The van der Waals surface area contributed by atoms with E-state index in [1.807, 2.05) is 37.3 Å². The highest BCUT2D eigenvalue weighted by Crippen LogP contribution is 2.11. The normalized spacial score (nSPS) is 21.5. The number of carbonyl (C=O) groups is 1. The standard InChI is InChI=1S/C16H16N2O3S/c1-9-14(19)12(8-17-9)16-18-15(20)13(22-16)7-10-3-5-11(21-2)6-4-10/h3-7,9,17H,8H2,1-2H3,(H,18,20)/b13-7-,16-12+. The Morgan fingerprint density at radius 2 is 2.00 bits per heavy atom. The number of methoxy groups -OCH3 is 1. The third-order valence-corrected chi connectivity index (χ3v) is 4.70. The van der Waals surface area contributed by atoms with Gasteiger partial charge < -0.3 is 15.0 Å². The SMILES string of the molecule is COc1ccc(/C=c2\s/c(=C3\CNC(C)C3=O)[nH]c2=O)cc1. The number of nitrogens with one attached hydrogen (secondary N) is 2. The second-order valence-electron chi connectivity index (χ2n) is 5.11. The number of benzene rings is 1. The number of thiazole rings is 1. The summed E-state index contributed by atoms with van der Waals surface area (Å²) in [7, 11) is 1.61. The number of carbonyl (C=O) groups excluding carboxylic acids is 1. The molecule has 2 N–H and O–H groups in total. The topological polar surface area (TPSA) is 71.2 Å². The van der Waals surface area contributed by atoms with Crippen molar-refractivity contribution in [1.29, 1.82) is 0 Å². The highest BCUT2D eigenvalue weighted by Gasteiger charge is 2.25. The molecule has 1 unspecified atom stereocenters. The molecule has 6 heteroatoms. The molecule has 0 amide bonds. The van der Waals surface area contributed by atoms with Crippen molar-refractivity contribution in [3.05, 3.63) is 49.4 Å². The van der Waals surface area contributed by atoms with Gasteiger partial charge in [0, 0.05) is 12.1 Å². The summed E-state index contributed by atoms with van der Waals surface area (Å²) in [5, 5.41) is 3.08. The number of ether oxygens (including phenoxy) is 1. The molecule has 1 aromatic heterocycles. The molecule has 1 aliphatic rings. The van der Waals surface area contributed by atoms with Gasteiger partial charge >= 0.3 is 0 Å². The second kappa shape index (κ2) is 5.90. The lowest BCUT2D eigenvalue weighted by atomic mass is 10.2. The van der Waals surface area contributed by atoms with Gasteiger partial charge in [-0.2, -0.15) is 0 Å². The third kappa shape index (κ3) is 2.75. The van der Waals surface area contributed by atoms with Crippen molar-refractivity contribution in [3.8, 4) is 5.75 Å². The fraction of sp³-hybridized carbons (Fsp3) is 0.250. The van der Waals surface area contributed by atoms with E-state index in [4.69, 9.17) is 4.74 Å². The predicted molar refractivity (Wildman–Crippen MR) is 86.6 cm³/mol. The van der Waals surface area contributed by atoms with Crippen molar-refractivity contribution in [2.24, 2.45) is 0 Å². The molecule has 1 atom stereocenters. The van der Waals surface area contributed by atoms with Crippen molar-refractivity contribution in [2.45, 2.75) is 13.0 Å². The van der Waals surface area contributed by atoms with Gasteiger partial charge in [-0.05, 0) is 30.7 Å². The summed E-state index contributed by atoms with van der Waals surface area (Å²) < 4.78 is 6.34. The van der Waals surface area contributed by atoms with E-state index in [0.29, 0.717) is 21.3 Å². The Kier molecular flexibility index (Phi) is 3.96. The first-order chi connectivity index (χ1) is 10.6. The first-order valence-corrected chi connectivity index (χ1v) is 7.76. The Morgan fingerprint density at radius 1 is 1.27 bits per heavy atom. The highest BCUT2D eigenvalue weighted by molar-refractivity contribution is 7.07. The maximum atomic E-state index is 12.1. The van der Waals surface area contributed by atoms with Gasteiger partial charge in [-0.25, -0.2) is 0 Å². The molecule has 2 aromatic rings. The van der Waals surface area contributed by atoms with E-state index in [9.17, 15) is 9.59 Å². The lowest BCUT2D eigenvalue weighted by Gasteiger charge is -1.98. The van der Waals surface area contributed by atoms with E-state index < -0.39 is 0 Å². The van der Waals surface area contributed by atoms with Crippen LogP contribution in [0.15, 0.2) is 29.1 Å². The van der Waals surface area contributed by atoms with Crippen LogP contribution < -0.4 is 24.8 Å². The minimum absolute atomic E-state index is 0.0495. The molecule has 1 saturated heterocycles. The molecule has 2 heterocycles. The number of aromatic nitrogens is 1. The molecule has 1 aromatic carbocycles. The summed E-state index contributed by atoms with van der Waals surface area (Å²) in [4.78, 5) is 26.9.